The molecule has 0 spiro atoms. The molecule has 2 saturated heterocycles. The molecule has 3 heterocycles. The SMILES string of the molecule is OC1(C2=COCC2)CCC2CCC1O2. The lowest BCUT2D eigenvalue weighted by Crippen LogP contribution is -2.47. The highest BCUT2D eigenvalue weighted by Gasteiger charge is 2.49. The van der Waals surface area contributed by atoms with Gasteiger partial charge in [-0.05, 0) is 25.7 Å². The van der Waals surface area contributed by atoms with Gasteiger partial charge in [0.05, 0.1) is 25.1 Å². The molecular formula is C11H16O3. The van der Waals surface area contributed by atoms with E-state index in [1.165, 1.54) is 0 Å². The summed E-state index contributed by atoms with van der Waals surface area (Å²) in [6, 6.07) is 0. The molecule has 14 heavy (non-hydrogen) atoms. The first-order valence-electron chi connectivity index (χ1n) is 5.48. The zero-order valence-electron chi connectivity index (χ0n) is 8.24. The Kier molecular flexibility index (Phi) is 1.86. The first kappa shape index (κ1) is 8.74. The summed E-state index contributed by atoms with van der Waals surface area (Å²) in [5, 5.41) is 10.6. The molecule has 3 rings (SSSR count). The van der Waals surface area contributed by atoms with Gasteiger partial charge in [0.1, 0.15) is 5.60 Å². The molecule has 3 unspecified atom stereocenters. The molecule has 78 valence electrons. The molecule has 0 aliphatic carbocycles. The Morgan fingerprint density at radius 2 is 2.29 bits per heavy atom. The van der Waals surface area contributed by atoms with Crippen LogP contribution in [0, 0.1) is 0 Å². The third-order valence-corrected chi connectivity index (χ3v) is 3.76. The van der Waals surface area contributed by atoms with E-state index in [-0.39, 0.29) is 6.10 Å². The maximum Gasteiger partial charge on any atom is 0.115 e. The molecule has 3 atom stereocenters. The van der Waals surface area contributed by atoms with E-state index in [9.17, 15) is 5.11 Å². The highest BCUT2D eigenvalue weighted by atomic mass is 16.5. The maximum absolute atomic E-state index is 10.6. The third kappa shape index (κ3) is 1.12. The smallest absolute Gasteiger partial charge is 0.115 e. The van der Waals surface area contributed by atoms with Crippen molar-refractivity contribution in [2.24, 2.45) is 0 Å². The van der Waals surface area contributed by atoms with E-state index in [1.54, 1.807) is 6.26 Å². The van der Waals surface area contributed by atoms with Crippen LogP contribution < -0.4 is 0 Å². The van der Waals surface area contributed by atoms with Gasteiger partial charge in [0.2, 0.25) is 0 Å². The Morgan fingerprint density at radius 1 is 1.36 bits per heavy atom. The van der Waals surface area contributed by atoms with Crippen LogP contribution in [0.3, 0.4) is 0 Å². The number of ether oxygens (including phenoxy) is 2. The molecule has 0 aromatic rings. The predicted octanol–water partition coefficient (Wildman–Crippen LogP) is 1.36. The van der Waals surface area contributed by atoms with Crippen LogP contribution in [0.4, 0.5) is 0 Å². The Labute approximate surface area is 83.7 Å². The third-order valence-electron chi connectivity index (χ3n) is 3.76. The summed E-state index contributed by atoms with van der Waals surface area (Å²) in [6.45, 7) is 0.716. The molecule has 3 nitrogen and oxygen atoms in total. The van der Waals surface area contributed by atoms with Gasteiger partial charge in [0, 0.05) is 12.0 Å². The maximum atomic E-state index is 10.6. The van der Waals surface area contributed by atoms with Gasteiger partial charge in [-0.1, -0.05) is 0 Å². The van der Waals surface area contributed by atoms with Crippen LogP contribution in [0.5, 0.6) is 0 Å². The predicted molar refractivity (Wildman–Crippen MR) is 50.7 cm³/mol. The van der Waals surface area contributed by atoms with E-state index in [1.807, 2.05) is 0 Å². The highest BCUT2D eigenvalue weighted by Crippen LogP contribution is 2.44. The molecule has 3 heteroatoms. The van der Waals surface area contributed by atoms with Crippen molar-refractivity contribution in [3.8, 4) is 0 Å². The van der Waals surface area contributed by atoms with Crippen molar-refractivity contribution in [1.82, 2.24) is 0 Å². The molecule has 0 radical (unpaired) electrons. The number of rotatable bonds is 1. The molecule has 0 aromatic carbocycles. The molecule has 1 N–H and O–H groups in total. The Bertz CT molecular complexity index is 274. The van der Waals surface area contributed by atoms with E-state index in [0.717, 1.165) is 37.7 Å². The van der Waals surface area contributed by atoms with Crippen molar-refractivity contribution in [2.75, 3.05) is 6.61 Å². The largest absolute Gasteiger partial charge is 0.501 e. The van der Waals surface area contributed by atoms with Crippen molar-refractivity contribution in [3.63, 3.8) is 0 Å². The van der Waals surface area contributed by atoms with Gasteiger partial charge in [0.15, 0.2) is 0 Å². The zero-order valence-corrected chi connectivity index (χ0v) is 8.24. The van der Waals surface area contributed by atoms with Crippen LogP contribution >= 0.6 is 0 Å². The molecule has 0 saturated carbocycles. The average Bonchev–Trinajstić information content (AvgIpc) is 2.84. The fourth-order valence-electron chi connectivity index (χ4n) is 2.88. The Balaban J connectivity index is 1.87. The molecule has 2 bridgehead atoms. The summed E-state index contributed by atoms with van der Waals surface area (Å²) in [6.07, 6.45) is 6.97. The van der Waals surface area contributed by atoms with Gasteiger partial charge in [-0.15, -0.1) is 0 Å². The highest BCUT2D eigenvalue weighted by molar-refractivity contribution is 5.22. The van der Waals surface area contributed by atoms with E-state index < -0.39 is 5.60 Å². The van der Waals surface area contributed by atoms with E-state index in [0.29, 0.717) is 12.7 Å². The quantitative estimate of drug-likeness (QED) is 0.688. The number of fused-ring (bicyclic) bond motifs is 2. The summed E-state index contributed by atoms with van der Waals surface area (Å²) in [5.74, 6) is 0. The Morgan fingerprint density at radius 3 is 3.07 bits per heavy atom. The summed E-state index contributed by atoms with van der Waals surface area (Å²) in [7, 11) is 0. The Hall–Kier alpha value is -0.540. The molecule has 0 aromatic heterocycles. The lowest BCUT2D eigenvalue weighted by atomic mass is 9.82. The number of hydrogen-bond acceptors (Lipinski definition) is 3. The monoisotopic (exact) mass is 196 g/mol. The normalized spacial score (nSPS) is 46.2. The molecule has 0 amide bonds. The molecule has 3 aliphatic rings. The van der Waals surface area contributed by atoms with Gasteiger partial charge in [-0.25, -0.2) is 0 Å². The minimum absolute atomic E-state index is 0.0224. The van der Waals surface area contributed by atoms with Gasteiger partial charge >= 0.3 is 0 Å². The minimum atomic E-state index is -0.719. The van der Waals surface area contributed by atoms with Gasteiger partial charge in [-0.2, -0.15) is 0 Å². The van der Waals surface area contributed by atoms with Crippen LogP contribution in [-0.2, 0) is 9.47 Å². The second-order valence-electron chi connectivity index (χ2n) is 4.55. The first-order chi connectivity index (χ1) is 6.79. The summed E-state index contributed by atoms with van der Waals surface area (Å²) in [5.41, 5.74) is 0.326. The van der Waals surface area contributed by atoms with Crippen LogP contribution in [-0.4, -0.2) is 29.5 Å². The van der Waals surface area contributed by atoms with Crippen molar-refractivity contribution in [2.45, 2.75) is 49.9 Å². The summed E-state index contributed by atoms with van der Waals surface area (Å²) < 4.78 is 11.0. The summed E-state index contributed by atoms with van der Waals surface area (Å²) >= 11 is 0. The minimum Gasteiger partial charge on any atom is -0.501 e. The van der Waals surface area contributed by atoms with Gasteiger partial charge < -0.3 is 14.6 Å². The van der Waals surface area contributed by atoms with Crippen molar-refractivity contribution < 1.29 is 14.6 Å². The van der Waals surface area contributed by atoms with Crippen molar-refractivity contribution in [3.05, 3.63) is 11.8 Å². The van der Waals surface area contributed by atoms with Crippen LogP contribution in [0.15, 0.2) is 11.8 Å². The van der Waals surface area contributed by atoms with Crippen LogP contribution in [0.2, 0.25) is 0 Å². The number of aliphatic hydroxyl groups is 1. The van der Waals surface area contributed by atoms with Gasteiger partial charge in [-0.3, -0.25) is 0 Å². The van der Waals surface area contributed by atoms with Gasteiger partial charge in [0.25, 0.3) is 0 Å². The van der Waals surface area contributed by atoms with Crippen molar-refractivity contribution in [1.29, 1.82) is 0 Å². The fraction of sp³-hybridized carbons (Fsp3) is 0.818. The standard InChI is InChI=1S/C11H16O3/c12-11(8-4-6-13-7-8)5-3-9-1-2-10(11)14-9/h7,9-10,12H,1-6H2. The van der Waals surface area contributed by atoms with Crippen LogP contribution in [0.25, 0.3) is 0 Å². The van der Waals surface area contributed by atoms with E-state index >= 15 is 0 Å². The van der Waals surface area contributed by atoms with Crippen LogP contribution in [0.1, 0.15) is 32.1 Å². The topological polar surface area (TPSA) is 38.7 Å². The zero-order chi connectivity index (χ0) is 9.60. The summed E-state index contributed by atoms with van der Waals surface area (Å²) in [4.78, 5) is 0. The lowest BCUT2D eigenvalue weighted by Gasteiger charge is -2.38. The number of hydrogen-bond donors (Lipinski definition) is 1. The second-order valence-corrected chi connectivity index (χ2v) is 4.55. The fourth-order valence-corrected chi connectivity index (χ4v) is 2.88. The molecule has 2 fully saturated rings. The van der Waals surface area contributed by atoms with Crippen molar-refractivity contribution >= 4 is 0 Å². The van der Waals surface area contributed by atoms with E-state index in [4.69, 9.17) is 9.47 Å². The first-order valence-corrected chi connectivity index (χ1v) is 5.48. The second kappa shape index (κ2) is 2.97. The molecular weight excluding hydrogens is 180 g/mol. The average molecular weight is 196 g/mol. The lowest BCUT2D eigenvalue weighted by molar-refractivity contribution is -0.123. The van der Waals surface area contributed by atoms with E-state index in [2.05, 4.69) is 0 Å². The molecule has 3 aliphatic heterocycles.